The van der Waals surface area contributed by atoms with Gasteiger partial charge in [-0.1, -0.05) is 12.1 Å². The lowest BCUT2D eigenvalue weighted by atomic mass is 10.1. The Labute approximate surface area is 166 Å². The number of hydrogen-bond acceptors (Lipinski definition) is 5. The maximum absolute atomic E-state index is 12.3. The SMILES string of the molecule is Cc1cccc(OCCCC(=O)NCC(c2ccc(C)o2)N2CCOCC2)c1. The summed E-state index contributed by atoms with van der Waals surface area (Å²) < 4.78 is 17.0. The van der Waals surface area contributed by atoms with Gasteiger partial charge in [-0.05, 0) is 50.1 Å². The van der Waals surface area contributed by atoms with Gasteiger partial charge in [0.2, 0.25) is 5.91 Å². The quantitative estimate of drug-likeness (QED) is 0.670. The van der Waals surface area contributed by atoms with E-state index in [0.717, 1.165) is 35.9 Å². The molecule has 6 nitrogen and oxygen atoms in total. The molecule has 0 aliphatic carbocycles. The van der Waals surface area contributed by atoms with Crippen molar-refractivity contribution in [3.8, 4) is 5.75 Å². The van der Waals surface area contributed by atoms with Gasteiger partial charge in [-0.25, -0.2) is 0 Å². The smallest absolute Gasteiger partial charge is 0.220 e. The van der Waals surface area contributed by atoms with Crippen molar-refractivity contribution in [2.75, 3.05) is 39.5 Å². The highest BCUT2D eigenvalue weighted by atomic mass is 16.5. The summed E-state index contributed by atoms with van der Waals surface area (Å²) in [7, 11) is 0. The summed E-state index contributed by atoms with van der Waals surface area (Å²) in [4.78, 5) is 14.6. The van der Waals surface area contributed by atoms with Crippen LogP contribution in [0, 0.1) is 13.8 Å². The van der Waals surface area contributed by atoms with Gasteiger partial charge in [0.15, 0.2) is 0 Å². The van der Waals surface area contributed by atoms with Crippen molar-refractivity contribution in [1.29, 1.82) is 0 Å². The van der Waals surface area contributed by atoms with E-state index in [0.29, 0.717) is 39.2 Å². The molecule has 1 fully saturated rings. The van der Waals surface area contributed by atoms with Gasteiger partial charge >= 0.3 is 0 Å². The number of hydrogen-bond donors (Lipinski definition) is 1. The molecule has 152 valence electrons. The maximum Gasteiger partial charge on any atom is 0.220 e. The summed E-state index contributed by atoms with van der Waals surface area (Å²) in [6.45, 7) is 8.13. The van der Waals surface area contributed by atoms with E-state index in [1.807, 2.05) is 50.2 Å². The Balaban J connectivity index is 1.44. The Bertz CT molecular complexity index is 752. The van der Waals surface area contributed by atoms with Crippen LogP contribution in [0.4, 0.5) is 0 Å². The van der Waals surface area contributed by atoms with Crippen LogP contribution in [-0.4, -0.2) is 50.3 Å². The molecule has 0 saturated carbocycles. The largest absolute Gasteiger partial charge is 0.494 e. The maximum atomic E-state index is 12.3. The highest BCUT2D eigenvalue weighted by Gasteiger charge is 2.25. The fraction of sp³-hybridized carbons (Fsp3) is 0.500. The molecule has 1 aliphatic rings. The van der Waals surface area contributed by atoms with Crippen LogP contribution in [0.3, 0.4) is 0 Å². The number of nitrogens with one attached hydrogen (secondary N) is 1. The van der Waals surface area contributed by atoms with Crippen molar-refractivity contribution < 1.29 is 18.7 Å². The molecule has 0 spiro atoms. The molecule has 0 bridgehead atoms. The molecular weight excluding hydrogens is 356 g/mol. The number of morpholine rings is 1. The van der Waals surface area contributed by atoms with Gasteiger partial charge in [-0.2, -0.15) is 0 Å². The van der Waals surface area contributed by atoms with Crippen molar-refractivity contribution in [1.82, 2.24) is 10.2 Å². The molecule has 2 aromatic rings. The summed E-state index contributed by atoms with van der Waals surface area (Å²) >= 11 is 0. The molecule has 2 heterocycles. The monoisotopic (exact) mass is 386 g/mol. The number of ether oxygens (including phenoxy) is 2. The molecule has 1 atom stereocenters. The molecule has 1 N–H and O–H groups in total. The van der Waals surface area contributed by atoms with E-state index in [2.05, 4.69) is 10.2 Å². The van der Waals surface area contributed by atoms with Gasteiger partial charge in [0, 0.05) is 26.1 Å². The van der Waals surface area contributed by atoms with Crippen LogP contribution in [0.15, 0.2) is 40.8 Å². The number of aryl methyl sites for hydroxylation is 2. The third-order valence-electron chi connectivity index (χ3n) is 4.88. The summed E-state index contributed by atoms with van der Waals surface area (Å²) in [6.07, 6.45) is 1.13. The van der Waals surface area contributed by atoms with E-state index >= 15 is 0 Å². The minimum absolute atomic E-state index is 0.0325. The summed E-state index contributed by atoms with van der Waals surface area (Å²) in [5, 5.41) is 3.06. The van der Waals surface area contributed by atoms with Crippen LogP contribution in [0.1, 0.15) is 36.0 Å². The van der Waals surface area contributed by atoms with Crippen LogP contribution in [-0.2, 0) is 9.53 Å². The zero-order chi connectivity index (χ0) is 19.8. The van der Waals surface area contributed by atoms with E-state index < -0.39 is 0 Å². The number of benzene rings is 1. The summed E-state index contributed by atoms with van der Waals surface area (Å²) in [6, 6.07) is 11.9. The molecule has 6 heteroatoms. The van der Waals surface area contributed by atoms with E-state index in [9.17, 15) is 4.79 Å². The molecule has 28 heavy (non-hydrogen) atoms. The Morgan fingerprint density at radius 1 is 1.21 bits per heavy atom. The molecule has 1 aromatic heterocycles. The number of furan rings is 1. The minimum Gasteiger partial charge on any atom is -0.494 e. The van der Waals surface area contributed by atoms with E-state index in [1.165, 1.54) is 0 Å². The van der Waals surface area contributed by atoms with E-state index in [4.69, 9.17) is 13.9 Å². The summed E-state index contributed by atoms with van der Waals surface area (Å²) in [5.41, 5.74) is 1.16. The Morgan fingerprint density at radius 3 is 2.75 bits per heavy atom. The molecule has 1 unspecified atom stereocenters. The second-order valence-corrected chi connectivity index (χ2v) is 7.19. The number of amides is 1. The third kappa shape index (κ3) is 6.11. The Hall–Kier alpha value is -2.31. The van der Waals surface area contributed by atoms with Crippen molar-refractivity contribution in [3.05, 3.63) is 53.5 Å². The van der Waals surface area contributed by atoms with Gasteiger partial charge in [0.1, 0.15) is 17.3 Å². The Morgan fingerprint density at radius 2 is 2.04 bits per heavy atom. The molecule has 1 aliphatic heterocycles. The van der Waals surface area contributed by atoms with Gasteiger partial charge in [0.05, 0.1) is 25.9 Å². The van der Waals surface area contributed by atoms with Crippen LogP contribution >= 0.6 is 0 Å². The van der Waals surface area contributed by atoms with Gasteiger partial charge in [-0.15, -0.1) is 0 Å². The van der Waals surface area contributed by atoms with Crippen molar-refractivity contribution >= 4 is 5.91 Å². The van der Waals surface area contributed by atoms with Gasteiger partial charge in [0.25, 0.3) is 0 Å². The normalized spacial score (nSPS) is 15.9. The topological polar surface area (TPSA) is 63.9 Å². The first-order valence-electron chi connectivity index (χ1n) is 9.96. The number of carbonyl (C=O) groups is 1. The summed E-state index contributed by atoms with van der Waals surface area (Å²) in [5.74, 6) is 2.66. The fourth-order valence-electron chi connectivity index (χ4n) is 3.36. The first-order valence-corrected chi connectivity index (χ1v) is 9.96. The molecular formula is C22H30N2O4. The lowest BCUT2D eigenvalue weighted by Crippen LogP contribution is -2.43. The molecule has 0 radical (unpaired) electrons. The average Bonchev–Trinajstić information content (AvgIpc) is 3.12. The van der Waals surface area contributed by atoms with Crippen LogP contribution in [0.2, 0.25) is 0 Å². The fourth-order valence-corrected chi connectivity index (χ4v) is 3.36. The lowest BCUT2D eigenvalue weighted by Gasteiger charge is -2.33. The predicted octanol–water partition coefficient (Wildman–Crippen LogP) is 3.25. The highest BCUT2D eigenvalue weighted by Crippen LogP contribution is 2.23. The third-order valence-corrected chi connectivity index (χ3v) is 4.88. The first-order chi connectivity index (χ1) is 13.6. The Kier molecular flexibility index (Phi) is 7.51. The molecule has 1 saturated heterocycles. The second-order valence-electron chi connectivity index (χ2n) is 7.19. The second kappa shape index (κ2) is 10.3. The zero-order valence-electron chi connectivity index (χ0n) is 16.8. The van der Waals surface area contributed by atoms with Gasteiger partial charge < -0.3 is 19.2 Å². The van der Waals surface area contributed by atoms with Crippen molar-refractivity contribution in [2.24, 2.45) is 0 Å². The zero-order valence-corrected chi connectivity index (χ0v) is 16.8. The van der Waals surface area contributed by atoms with E-state index in [1.54, 1.807) is 0 Å². The first kappa shape index (κ1) is 20.4. The molecule has 1 amide bonds. The average molecular weight is 386 g/mol. The van der Waals surface area contributed by atoms with Crippen molar-refractivity contribution in [2.45, 2.75) is 32.7 Å². The highest BCUT2D eigenvalue weighted by molar-refractivity contribution is 5.75. The number of carbonyl (C=O) groups excluding carboxylic acids is 1. The molecule has 1 aromatic carbocycles. The van der Waals surface area contributed by atoms with Crippen LogP contribution in [0.25, 0.3) is 0 Å². The number of rotatable bonds is 9. The van der Waals surface area contributed by atoms with Gasteiger partial charge in [-0.3, -0.25) is 9.69 Å². The number of nitrogens with zero attached hydrogens (tertiary/aromatic N) is 1. The molecule has 3 rings (SSSR count). The van der Waals surface area contributed by atoms with Crippen LogP contribution in [0.5, 0.6) is 5.75 Å². The van der Waals surface area contributed by atoms with Crippen LogP contribution < -0.4 is 10.1 Å². The predicted molar refractivity (Wildman–Crippen MR) is 107 cm³/mol. The lowest BCUT2D eigenvalue weighted by molar-refractivity contribution is -0.121. The van der Waals surface area contributed by atoms with E-state index in [-0.39, 0.29) is 11.9 Å². The van der Waals surface area contributed by atoms with Crippen molar-refractivity contribution in [3.63, 3.8) is 0 Å². The standard InChI is InChI=1S/C22H30N2O4/c1-17-5-3-6-19(15-17)27-12-4-7-22(25)23-16-20(21-9-8-18(2)28-21)24-10-13-26-14-11-24/h3,5-6,8-9,15,20H,4,7,10-14,16H2,1-2H3,(H,23,25). The minimum atomic E-state index is 0.0325.